The molecule has 4 aromatic heterocycles. The van der Waals surface area contributed by atoms with Crippen LogP contribution < -0.4 is 5.32 Å². The molecule has 2 aromatic carbocycles. The summed E-state index contributed by atoms with van der Waals surface area (Å²) < 4.78 is 15.1. The summed E-state index contributed by atoms with van der Waals surface area (Å²) in [6, 6.07) is 17.6. The van der Waals surface area contributed by atoms with Gasteiger partial charge < -0.3 is 10.3 Å². The largest absolute Gasteiger partial charge is 0.380 e. The van der Waals surface area contributed by atoms with E-state index in [1.807, 2.05) is 42.3 Å². The fourth-order valence-corrected chi connectivity index (χ4v) is 4.83. The van der Waals surface area contributed by atoms with E-state index in [1.165, 1.54) is 6.07 Å². The Hall–Kier alpha value is -4.10. The fraction of sp³-hybridized carbons (Fsp3) is 0.0741. The molecule has 7 heteroatoms. The molecular formula is C27H20FN5S. The first-order valence-electron chi connectivity index (χ1n) is 10.9. The van der Waals surface area contributed by atoms with Gasteiger partial charge in [-0.3, -0.25) is 4.98 Å². The molecule has 6 rings (SSSR count). The average molecular weight is 466 g/mol. The molecule has 5 nitrogen and oxygen atoms in total. The third-order valence-electron chi connectivity index (χ3n) is 5.91. The van der Waals surface area contributed by atoms with Crippen LogP contribution in [0.15, 0.2) is 78.7 Å². The van der Waals surface area contributed by atoms with Crippen molar-refractivity contribution < 1.29 is 4.39 Å². The zero-order valence-electron chi connectivity index (χ0n) is 18.3. The number of H-pyrrole nitrogens is 1. The van der Waals surface area contributed by atoms with Crippen molar-refractivity contribution >= 4 is 38.3 Å². The van der Waals surface area contributed by atoms with Crippen molar-refractivity contribution in [2.45, 2.75) is 13.5 Å². The molecule has 0 spiro atoms. The number of hydrogen-bond acceptors (Lipinski definition) is 5. The number of nitrogens with one attached hydrogen (secondary N) is 2. The quantitative estimate of drug-likeness (QED) is 0.289. The zero-order valence-corrected chi connectivity index (χ0v) is 19.2. The monoisotopic (exact) mass is 465 g/mol. The molecule has 34 heavy (non-hydrogen) atoms. The van der Waals surface area contributed by atoms with Gasteiger partial charge in [-0.1, -0.05) is 6.07 Å². The molecule has 0 radical (unpaired) electrons. The van der Waals surface area contributed by atoms with Crippen molar-refractivity contribution in [1.29, 1.82) is 0 Å². The first-order chi connectivity index (χ1) is 16.6. The maximum Gasteiger partial charge on any atom is 0.137 e. The molecule has 4 heterocycles. The third kappa shape index (κ3) is 3.80. The lowest BCUT2D eigenvalue weighted by atomic mass is 9.97. The second kappa shape index (κ2) is 8.35. The normalized spacial score (nSPS) is 11.4. The van der Waals surface area contributed by atoms with E-state index in [2.05, 4.69) is 44.5 Å². The number of anilines is 1. The van der Waals surface area contributed by atoms with Crippen LogP contribution in [0.3, 0.4) is 0 Å². The molecule has 0 bridgehead atoms. The SMILES string of the molecule is Cc1cc(-c2ncc(NCc3cnc4[nH]ccc4c3)cc2-c2ccc3ncsc3c2)ccc1F. The number of benzene rings is 2. The zero-order chi connectivity index (χ0) is 23.1. The van der Waals surface area contributed by atoms with E-state index in [1.54, 1.807) is 24.3 Å². The highest BCUT2D eigenvalue weighted by atomic mass is 32.1. The van der Waals surface area contributed by atoms with Crippen LogP contribution in [-0.4, -0.2) is 19.9 Å². The summed E-state index contributed by atoms with van der Waals surface area (Å²) in [7, 11) is 0. The van der Waals surface area contributed by atoms with Gasteiger partial charge in [-0.15, -0.1) is 11.3 Å². The van der Waals surface area contributed by atoms with Gasteiger partial charge in [-0.2, -0.15) is 0 Å². The molecule has 0 aliphatic rings. The van der Waals surface area contributed by atoms with Crippen LogP contribution in [0.4, 0.5) is 10.1 Å². The molecule has 0 amide bonds. The Morgan fingerprint density at radius 3 is 2.76 bits per heavy atom. The first-order valence-corrected chi connectivity index (χ1v) is 11.8. The number of aromatic nitrogens is 4. The van der Waals surface area contributed by atoms with E-state index in [4.69, 9.17) is 4.98 Å². The van der Waals surface area contributed by atoms with Crippen LogP contribution in [0, 0.1) is 12.7 Å². The Balaban J connectivity index is 1.39. The van der Waals surface area contributed by atoms with Gasteiger partial charge in [0.15, 0.2) is 0 Å². The highest BCUT2D eigenvalue weighted by Gasteiger charge is 2.13. The topological polar surface area (TPSA) is 66.5 Å². The van der Waals surface area contributed by atoms with E-state index < -0.39 is 0 Å². The predicted molar refractivity (Wildman–Crippen MR) is 136 cm³/mol. The minimum Gasteiger partial charge on any atom is -0.380 e. The van der Waals surface area contributed by atoms with Gasteiger partial charge in [0.05, 0.1) is 33.3 Å². The van der Waals surface area contributed by atoms with E-state index >= 15 is 0 Å². The fourth-order valence-electron chi connectivity index (χ4n) is 4.11. The maximum atomic E-state index is 13.9. The van der Waals surface area contributed by atoms with Crippen LogP contribution in [0.1, 0.15) is 11.1 Å². The molecule has 0 atom stereocenters. The Kier molecular flexibility index (Phi) is 5.04. The van der Waals surface area contributed by atoms with Gasteiger partial charge in [0, 0.05) is 35.5 Å². The number of aryl methyl sites for hydroxylation is 1. The molecule has 0 fully saturated rings. The minimum absolute atomic E-state index is 0.220. The van der Waals surface area contributed by atoms with Crippen LogP contribution in [0.25, 0.3) is 43.6 Å². The summed E-state index contributed by atoms with van der Waals surface area (Å²) in [4.78, 5) is 16.8. The summed E-state index contributed by atoms with van der Waals surface area (Å²) in [5.41, 5.74) is 10.00. The van der Waals surface area contributed by atoms with Crippen molar-refractivity contribution in [2.24, 2.45) is 0 Å². The lowest BCUT2D eigenvalue weighted by Gasteiger charge is -2.14. The van der Waals surface area contributed by atoms with Crippen LogP contribution in [0.5, 0.6) is 0 Å². The highest BCUT2D eigenvalue weighted by molar-refractivity contribution is 7.16. The van der Waals surface area contributed by atoms with E-state index in [-0.39, 0.29) is 5.82 Å². The molecule has 0 aliphatic heterocycles. The van der Waals surface area contributed by atoms with Gasteiger partial charge >= 0.3 is 0 Å². The summed E-state index contributed by atoms with van der Waals surface area (Å²) >= 11 is 1.61. The average Bonchev–Trinajstić information content (AvgIpc) is 3.53. The molecule has 0 saturated carbocycles. The Morgan fingerprint density at radius 1 is 0.941 bits per heavy atom. The van der Waals surface area contributed by atoms with E-state index in [0.717, 1.165) is 54.9 Å². The van der Waals surface area contributed by atoms with Crippen molar-refractivity contribution in [3.8, 4) is 22.4 Å². The third-order valence-corrected chi connectivity index (χ3v) is 6.71. The Labute approximate surface area is 199 Å². The number of thiazole rings is 1. The molecule has 0 saturated heterocycles. The number of rotatable bonds is 5. The summed E-state index contributed by atoms with van der Waals surface area (Å²) in [5, 5.41) is 4.56. The summed E-state index contributed by atoms with van der Waals surface area (Å²) in [6.45, 7) is 2.39. The molecule has 6 aromatic rings. The number of aromatic amines is 1. The number of halogens is 1. The Morgan fingerprint density at radius 2 is 1.85 bits per heavy atom. The second-order valence-corrected chi connectivity index (χ2v) is 9.12. The van der Waals surface area contributed by atoms with Crippen molar-refractivity contribution in [3.63, 3.8) is 0 Å². The van der Waals surface area contributed by atoms with Crippen molar-refractivity contribution in [1.82, 2.24) is 19.9 Å². The number of pyridine rings is 2. The number of hydrogen-bond donors (Lipinski definition) is 2. The smallest absolute Gasteiger partial charge is 0.137 e. The summed E-state index contributed by atoms with van der Waals surface area (Å²) in [6.07, 6.45) is 5.58. The standard InChI is InChI=1S/C27H20FN5S/c1-16-8-19(2-4-23(16)28)26-22(18-3-5-24-25(10-18)34-15-33-24)11-21(14-31-26)30-12-17-9-20-6-7-29-27(20)32-13-17/h2-11,13-15,30H,12H2,1H3,(H,29,32). The number of nitrogens with zero attached hydrogens (tertiary/aromatic N) is 3. The van der Waals surface area contributed by atoms with Crippen molar-refractivity contribution in [3.05, 3.63) is 95.6 Å². The first kappa shape index (κ1) is 20.5. The van der Waals surface area contributed by atoms with Gasteiger partial charge in [0.2, 0.25) is 0 Å². The summed E-state index contributed by atoms with van der Waals surface area (Å²) in [5.74, 6) is -0.220. The lowest BCUT2D eigenvalue weighted by Crippen LogP contribution is -2.02. The van der Waals surface area contributed by atoms with Crippen molar-refractivity contribution in [2.75, 3.05) is 5.32 Å². The van der Waals surface area contributed by atoms with E-state index in [9.17, 15) is 4.39 Å². The predicted octanol–water partition coefficient (Wildman–Crippen LogP) is 6.96. The second-order valence-electron chi connectivity index (χ2n) is 8.23. The molecule has 0 unspecified atom stereocenters. The molecular weight excluding hydrogens is 445 g/mol. The van der Waals surface area contributed by atoms with Gasteiger partial charge in [-0.25, -0.2) is 14.4 Å². The lowest BCUT2D eigenvalue weighted by molar-refractivity contribution is 0.619. The Bertz CT molecular complexity index is 1650. The van der Waals surface area contributed by atoms with Gasteiger partial charge in [0.1, 0.15) is 11.5 Å². The molecule has 166 valence electrons. The maximum absolute atomic E-state index is 13.9. The van der Waals surface area contributed by atoms with Crippen LogP contribution in [-0.2, 0) is 6.54 Å². The minimum atomic E-state index is -0.220. The van der Waals surface area contributed by atoms with Crippen LogP contribution in [0.2, 0.25) is 0 Å². The van der Waals surface area contributed by atoms with E-state index in [0.29, 0.717) is 12.1 Å². The van der Waals surface area contributed by atoms with Crippen LogP contribution >= 0.6 is 11.3 Å². The van der Waals surface area contributed by atoms with Gasteiger partial charge in [0.25, 0.3) is 0 Å². The molecule has 0 aliphatic carbocycles. The van der Waals surface area contributed by atoms with Gasteiger partial charge in [-0.05, 0) is 72.1 Å². The number of fused-ring (bicyclic) bond motifs is 2. The highest BCUT2D eigenvalue weighted by Crippen LogP contribution is 2.35. The molecule has 2 N–H and O–H groups in total.